The topological polar surface area (TPSA) is 68.5 Å². The number of carbonyl (C=O) groups excluding carboxylic acids is 2. The van der Waals surface area contributed by atoms with Crippen molar-refractivity contribution in [3.8, 4) is 11.5 Å². The van der Waals surface area contributed by atoms with Crippen LogP contribution < -0.4 is 36.3 Å². The third kappa shape index (κ3) is 13.6. The van der Waals surface area contributed by atoms with Crippen molar-refractivity contribution in [2.24, 2.45) is 0 Å². The Bertz CT molecular complexity index is 1230. The van der Waals surface area contributed by atoms with Crippen LogP contribution in [0.3, 0.4) is 0 Å². The summed E-state index contributed by atoms with van der Waals surface area (Å²) in [4.78, 5) is 24.9. The molecule has 8 heteroatoms. The fourth-order valence-corrected chi connectivity index (χ4v) is 5.70. The zero-order valence-corrected chi connectivity index (χ0v) is 28.6. The quantitative estimate of drug-likeness (QED) is 0.0896. The second-order valence-corrected chi connectivity index (χ2v) is 11.8. The summed E-state index contributed by atoms with van der Waals surface area (Å²) in [5, 5.41) is 5.01. The summed E-state index contributed by atoms with van der Waals surface area (Å²) in [6, 6.07) is 13.1. The minimum absolute atomic E-state index is 0. The molecule has 6 nitrogen and oxygen atoms in total. The number of aryl methyl sites for hydroxylation is 1. The first-order valence-corrected chi connectivity index (χ1v) is 16.6. The van der Waals surface area contributed by atoms with E-state index < -0.39 is 0 Å². The summed E-state index contributed by atoms with van der Waals surface area (Å²) in [7, 11) is 0. The van der Waals surface area contributed by atoms with Gasteiger partial charge < -0.3 is 31.8 Å². The van der Waals surface area contributed by atoms with Crippen molar-refractivity contribution in [3.05, 3.63) is 70.2 Å². The highest BCUT2D eigenvalue weighted by Crippen LogP contribution is 2.32. The monoisotopic (exact) mass is 672 g/mol. The SMILES string of the molecule is CCCCCCCCCCCCCCOc1c(OCC(=O)Nc2ccc(C[n+]3cscc3C)cc2)cccc1C(C)=O.[Br-]. The number of hydrogen-bond donors (Lipinski definition) is 1. The number of thiazole rings is 1. The Balaban J connectivity index is 0.00000645. The maximum Gasteiger partial charge on any atom is 0.262 e. The molecule has 236 valence electrons. The Hall–Kier alpha value is -2.71. The van der Waals surface area contributed by atoms with Gasteiger partial charge in [-0.3, -0.25) is 9.59 Å². The highest BCUT2D eigenvalue weighted by Gasteiger charge is 2.16. The predicted molar refractivity (Wildman–Crippen MR) is 172 cm³/mol. The number of para-hydroxylation sites is 1. The summed E-state index contributed by atoms with van der Waals surface area (Å²) in [6.45, 7) is 7.00. The highest BCUT2D eigenvalue weighted by atomic mass is 79.9. The fourth-order valence-electron chi connectivity index (χ4n) is 4.92. The number of carbonyl (C=O) groups is 2. The van der Waals surface area contributed by atoms with Crippen LogP contribution in [-0.2, 0) is 11.3 Å². The summed E-state index contributed by atoms with van der Waals surface area (Å²) < 4.78 is 14.1. The van der Waals surface area contributed by atoms with Crippen LogP contribution in [0, 0.1) is 6.92 Å². The number of ether oxygens (including phenoxy) is 2. The smallest absolute Gasteiger partial charge is 0.262 e. The van der Waals surface area contributed by atoms with Crippen molar-refractivity contribution in [1.82, 2.24) is 0 Å². The van der Waals surface area contributed by atoms with E-state index in [-0.39, 0.29) is 35.3 Å². The lowest BCUT2D eigenvalue weighted by molar-refractivity contribution is -0.689. The van der Waals surface area contributed by atoms with Crippen LogP contribution in [0.5, 0.6) is 11.5 Å². The maximum atomic E-state index is 12.6. The molecule has 0 fully saturated rings. The molecule has 0 bridgehead atoms. The van der Waals surface area contributed by atoms with Crippen LogP contribution in [0.15, 0.2) is 53.4 Å². The van der Waals surface area contributed by atoms with Gasteiger partial charge in [0.2, 0.25) is 5.51 Å². The molecule has 0 atom stereocenters. The molecule has 1 amide bonds. The van der Waals surface area contributed by atoms with Crippen LogP contribution in [0.2, 0.25) is 0 Å². The average molecular weight is 674 g/mol. The molecule has 1 heterocycles. The first-order chi connectivity index (χ1) is 20.5. The van der Waals surface area contributed by atoms with E-state index in [2.05, 4.69) is 34.6 Å². The number of halogens is 1. The van der Waals surface area contributed by atoms with Gasteiger partial charge in [-0.25, -0.2) is 0 Å². The number of nitrogens with one attached hydrogen (secondary N) is 1. The van der Waals surface area contributed by atoms with Crippen LogP contribution >= 0.6 is 11.3 Å². The minimum atomic E-state index is -0.272. The van der Waals surface area contributed by atoms with Crippen molar-refractivity contribution < 1.29 is 40.6 Å². The lowest BCUT2D eigenvalue weighted by atomic mass is 10.1. The molecule has 3 aromatic rings. The van der Waals surface area contributed by atoms with Crippen LogP contribution in [0.4, 0.5) is 5.69 Å². The molecule has 0 saturated heterocycles. The Morgan fingerprint density at radius 2 is 1.47 bits per heavy atom. The van der Waals surface area contributed by atoms with Gasteiger partial charge >= 0.3 is 0 Å². The van der Waals surface area contributed by atoms with Crippen LogP contribution in [0.25, 0.3) is 0 Å². The van der Waals surface area contributed by atoms with Crippen LogP contribution in [0.1, 0.15) is 113 Å². The van der Waals surface area contributed by atoms with E-state index in [0.29, 0.717) is 29.4 Å². The molecule has 43 heavy (non-hydrogen) atoms. The molecule has 0 aliphatic carbocycles. The molecule has 2 aromatic carbocycles. The summed E-state index contributed by atoms with van der Waals surface area (Å²) in [5.74, 6) is 0.471. The largest absolute Gasteiger partial charge is 1.00 e. The first kappa shape index (κ1) is 36.5. The first-order valence-electron chi connectivity index (χ1n) is 15.7. The van der Waals surface area contributed by atoms with E-state index in [0.717, 1.165) is 24.9 Å². The Kier molecular flexibility index (Phi) is 17.9. The molecule has 0 aliphatic heterocycles. The number of hydrogen-bond acceptors (Lipinski definition) is 5. The Labute approximate surface area is 273 Å². The van der Waals surface area contributed by atoms with Crippen molar-refractivity contribution in [2.75, 3.05) is 18.5 Å². The third-order valence-corrected chi connectivity index (χ3v) is 8.28. The number of aromatic nitrogens is 1. The average Bonchev–Trinajstić information content (AvgIpc) is 3.39. The summed E-state index contributed by atoms with van der Waals surface area (Å²) in [5.41, 5.74) is 5.66. The number of anilines is 1. The Morgan fingerprint density at radius 3 is 2.05 bits per heavy atom. The number of ketones is 1. The van der Waals surface area contributed by atoms with Gasteiger partial charge in [-0.2, -0.15) is 4.57 Å². The van der Waals surface area contributed by atoms with E-state index in [9.17, 15) is 9.59 Å². The second kappa shape index (κ2) is 21.1. The molecule has 0 saturated carbocycles. The van der Waals surface area contributed by atoms with Gasteiger partial charge in [-0.15, -0.1) is 0 Å². The molecule has 1 aromatic heterocycles. The molecule has 0 spiro atoms. The predicted octanol–water partition coefficient (Wildman–Crippen LogP) is 5.70. The molecular weight excluding hydrogens is 624 g/mol. The zero-order valence-electron chi connectivity index (χ0n) is 26.2. The molecule has 0 aliphatic rings. The Morgan fingerprint density at radius 1 is 0.837 bits per heavy atom. The normalized spacial score (nSPS) is 10.7. The van der Waals surface area contributed by atoms with Gasteiger partial charge in [0.15, 0.2) is 36.1 Å². The van der Waals surface area contributed by atoms with Gasteiger partial charge in [0, 0.05) is 18.2 Å². The summed E-state index contributed by atoms with van der Waals surface area (Å²) in [6.07, 6.45) is 15.3. The lowest BCUT2D eigenvalue weighted by Gasteiger charge is -2.15. The number of unbranched alkanes of at least 4 members (excludes halogenated alkanes) is 11. The zero-order chi connectivity index (χ0) is 30.0. The van der Waals surface area contributed by atoms with E-state index >= 15 is 0 Å². The fraction of sp³-hybridized carbons (Fsp3) is 0.514. The molecule has 3 rings (SSSR count). The molecular formula is C35H49BrN2O4S. The second-order valence-electron chi connectivity index (χ2n) is 11.1. The van der Waals surface area contributed by atoms with Crippen LogP contribution in [-0.4, -0.2) is 24.9 Å². The minimum Gasteiger partial charge on any atom is -1.00 e. The highest BCUT2D eigenvalue weighted by molar-refractivity contribution is 7.07. The van der Waals surface area contributed by atoms with Crippen molar-refractivity contribution in [1.29, 1.82) is 0 Å². The number of amides is 1. The van der Waals surface area contributed by atoms with Crippen molar-refractivity contribution in [3.63, 3.8) is 0 Å². The lowest BCUT2D eigenvalue weighted by Crippen LogP contribution is -3.00. The van der Waals surface area contributed by atoms with E-state index in [1.807, 2.05) is 24.3 Å². The molecule has 1 N–H and O–H groups in total. The number of nitrogens with zero attached hydrogens (tertiary/aromatic N) is 1. The molecule has 0 unspecified atom stereocenters. The van der Waals surface area contributed by atoms with E-state index in [4.69, 9.17) is 9.47 Å². The van der Waals surface area contributed by atoms with E-state index in [1.54, 1.807) is 29.5 Å². The van der Waals surface area contributed by atoms with Gasteiger partial charge in [-0.1, -0.05) is 107 Å². The van der Waals surface area contributed by atoms with Gasteiger partial charge in [0.25, 0.3) is 5.91 Å². The number of benzene rings is 2. The van der Waals surface area contributed by atoms with Gasteiger partial charge in [-0.05, 0) is 37.6 Å². The summed E-state index contributed by atoms with van der Waals surface area (Å²) >= 11 is 1.68. The van der Waals surface area contributed by atoms with E-state index in [1.165, 1.54) is 76.8 Å². The number of rotatable bonds is 21. The van der Waals surface area contributed by atoms with Crippen molar-refractivity contribution >= 4 is 28.7 Å². The van der Waals surface area contributed by atoms with Gasteiger partial charge in [0.1, 0.15) is 0 Å². The third-order valence-electron chi connectivity index (χ3n) is 7.43. The van der Waals surface area contributed by atoms with Crippen molar-refractivity contribution in [2.45, 2.75) is 104 Å². The van der Waals surface area contributed by atoms with Gasteiger partial charge in [0.05, 0.1) is 17.6 Å². The number of Topliss-reactive ketones (excluding diaryl/α,β-unsaturated/α-hetero) is 1. The molecule has 0 radical (unpaired) electrons. The standard InChI is InChI=1S/C35H48N2O4S.BrH/c1-4-5-6-7-8-9-10-11-12-13-14-15-23-40-35-32(29(3)38)17-16-18-33(35)41-25-34(39)36-31-21-19-30(20-22-31)24-37-27-42-26-28(37)2;/h16-22,26-27H,4-15,23-25H2,1-3H3;1H. The maximum absolute atomic E-state index is 12.6.